The van der Waals surface area contributed by atoms with E-state index in [1.165, 1.54) is 6.20 Å². The summed E-state index contributed by atoms with van der Waals surface area (Å²) in [5, 5.41) is 18.4. The summed E-state index contributed by atoms with van der Waals surface area (Å²) >= 11 is 6.39. The molecule has 0 bridgehead atoms. The van der Waals surface area contributed by atoms with Crippen molar-refractivity contribution in [2.24, 2.45) is 0 Å². The third kappa shape index (κ3) is 9.75. The van der Waals surface area contributed by atoms with Crippen LogP contribution in [0.25, 0.3) is 0 Å². The van der Waals surface area contributed by atoms with Crippen LogP contribution < -0.4 is 36.8 Å². The lowest BCUT2D eigenvalue weighted by molar-refractivity contribution is -0.136. The minimum atomic E-state index is -0.630. The standard InChI is InChI=1S/C45H48ClN11O5/c1-47-41(59)35-8-4-5-9-37(35)52-40-36(46)26-49-44(54-40)50-30-11-13-33(14-12-30)55-19-21-56(22-20-55)45(62)51-32-24-31(25-32)48-18-6-2-3-7-28-10-15-34-29(23-28)27-57(43(34)61)38-16-17-39(58)53-42(38)60/h4-5,8-15,23,26,31-32,38,48H,2,6,16-22,24-25,27H2,1H3,(H,47,59)(H,51,62)(H,53,58,60)(H2,49,50,52,54)/t31-,32+,38?. The van der Waals surface area contributed by atoms with Gasteiger partial charge in [0.25, 0.3) is 11.8 Å². The number of para-hydroxylation sites is 1. The monoisotopic (exact) mass is 857 g/mol. The molecule has 6 amide bonds. The number of halogens is 1. The lowest BCUT2D eigenvalue weighted by atomic mass is 9.86. The largest absolute Gasteiger partial charge is 0.368 e. The van der Waals surface area contributed by atoms with E-state index in [2.05, 4.69) is 58.6 Å². The van der Waals surface area contributed by atoms with E-state index in [4.69, 9.17) is 11.6 Å². The molecule has 1 saturated carbocycles. The molecule has 16 nitrogen and oxygen atoms in total. The molecule has 3 aliphatic heterocycles. The summed E-state index contributed by atoms with van der Waals surface area (Å²) in [6.07, 6.45) is 5.47. The first-order valence-corrected chi connectivity index (χ1v) is 21.3. The molecule has 1 atom stereocenters. The molecule has 8 rings (SSSR count). The third-order valence-corrected chi connectivity index (χ3v) is 11.9. The lowest BCUT2D eigenvalue weighted by Gasteiger charge is -2.40. The van der Waals surface area contributed by atoms with E-state index in [-0.39, 0.29) is 36.2 Å². The van der Waals surface area contributed by atoms with E-state index >= 15 is 0 Å². The van der Waals surface area contributed by atoms with Crippen LogP contribution in [0.5, 0.6) is 0 Å². The van der Waals surface area contributed by atoms with Crippen molar-refractivity contribution in [1.82, 2.24) is 41.0 Å². The Kier molecular flexibility index (Phi) is 12.8. The van der Waals surface area contributed by atoms with Crippen molar-refractivity contribution < 1.29 is 24.0 Å². The van der Waals surface area contributed by atoms with Crippen LogP contribution in [0.15, 0.2) is 72.9 Å². The molecule has 1 aliphatic carbocycles. The molecule has 2 saturated heterocycles. The van der Waals surface area contributed by atoms with Gasteiger partial charge in [-0.1, -0.05) is 35.6 Å². The van der Waals surface area contributed by atoms with Crippen LogP contribution in [0.3, 0.4) is 0 Å². The number of hydrogen-bond donors (Lipinski definition) is 6. The van der Waals surface area contributed by atoms with Crippen LogP contribution in [0.2, 0.25) is 5.02 Å². The van der Waals surface area contributed by atoms with Crippen molar-refractivity contribution in [3.05, 3.63) is 100 Å². The third-order valence-electron chi connectivity index (χ3n) is 11.6. The Bertz CT molecular complexity index is 2420. The molecule has 3 aromatic carbocycles. The van der Waals surface area contributed by atoms with Gasteiger partial charge in [0, 0.05) is 87.2 Å². The number of rotatable bonds is 12. The summed E-state index contributed by atoms with van der Waals surface area (Å²) in [7, 11) is 1.58. The van der Waals surface area contributed by atoms with Crippen LogP contribution in [-0.4, -0.2) is 107 Å². The van der Waals surface area contributed by atoms with Gasteiger partial charge in [-0.3, -0.25) is 24.5 Å². The summed E-state index contributed by atoms with van der Waals surface area (Å²) in [6, 6.07) is 20.5. The van der Waals surface area contributed by atoms with Gasteiger partial charge in [-0.05, 0) is 92.4 Å². The number of benzene rings is 3. The number of piperidine rings is 1. The van der Waals surface area contributed by atoms with Crippen LogP contribution in [0.4, 0.5) is 33.6 Å². The molecule has 4 aromatic rings. The number of amides is 6. The molecular weight excluding hydrogens is 810 g/mol. The second-order valence-corrected chi connectivity index (χ2v) is 16.1. The zero-order valence-electron chi connectivity index (χ0n) is 34.3. The van der Waals surface area contributed by atoms with Crippen molar-refractivity contribution in [1.29, 1.82) is 0 Å². The van der Waals surface area contributed by atoms with Crippen LogP contribution in [-0.2, 0) is 16.1 Å². The number of unbranched alkanes of at least 4 members (excludes halogenated alkanes) is 1. The Labute approximate surface area is 364 Å². The highest BCUT2D eigenvalue weighted by Crippen LogP contribution is 2.30. The highest BCUT2D eigenvalue weighted by Gasteiger charge is 2.39. The van der Waals surface area contributed by atoms with Gasteiger partial charge in [0.05, 0.1) is 17.4 Å². The Morgan fingerprint density at radius 2 is 1.74 bits per heavy atom. The van der Waals surface area contributed by atoms with Gasteiger partial charge < -0.3 is 41.3 Å². The number of hydrogen-bond acceptors (Lipinski definition) is 11. The van der Waals surface area contributed by atoms with Gasteiger partial charge in [0.2, 0.25) is 17.8 Å². The number of fused-ring (bicyclic) bond motifs is 1. The summed E-state index contributed by atoms with van der Waals surface area (Å²) in [5.74, 6) is 6.01. The van der Waals surface area contributed by atoms with Gasteiger partial charge in [-0.2, -0.15) is 4.98 Å². The van der Waals surface area contributed by atoms with Gasteiger partial charge in [-0.15, -0.1) is 0 Å². The minimum absolute atomic E-state index is 0.0172. The van der Waals surface area contributed by atoms with Gasteiger partial charge in [-0.25, -0.2) is 9.78 Å². The van der Waals surface area contributed by atoms with Crippen molar-refractivity contribution in [3.63, 3.8) is 0 Å². The Hall–Kier alpha value is -6.70. The number of piperazine rings is 1. The number of carbonyl (C=O) groups excluding carboxylic acids is 5. The fraction of sp³-hybridized carbons (Fsp3) is 0.356. The highest BCUT2D eigenvalue weighted by atomic mass is 35.5. The van der Waals surface area contributed by atoms with Crippen molar-refractivity contribution in [2.45, 2.75) is 63.2 Å². The molecule has 0 spiro atoms. The Morgan fingerprint density at radius 3 is 2.52 bits per heavy atom. The maximum atomic E-state index is 13.1. The first-order valence-electron chi connectivity index (χ1n) is 20.9. The second kappa shape index (κ2) is 18.9. The summed E-state index contributed by atoms with van der Waals surface area (Å²) in [4.78, 5) is 76.8. The van der Waals surface area contributed by atoms with Crippen molar-refractivity contribution >= 4 is 70.1 Å². The number of nitrogens with one attached hydrogen (secondary N) is 6. The molecule has 6 N–H and O–H groups in total. The Morgan fingerprint density at radius 1 is 0.952 bits per heavy atom. The van der Waals surface area contributed by atoms with E-state index in [1.54, 1.807) is 36.2 Å². The molecule has 0 radical (unpaired) electrons. The number of urea groups is 1. The Balaban J connectivity index is 0.712. The van der Waals surface area contributed by atoms with Gasteiger partial charge in [0.1, 0.15) is 11.1 Å². The van der Waals surface area contributed by atoms with E-state index in [9.17, 15) is 24.0 Å². The minimum Gasteiger partial charge on any atom is -0.368 e. The maximum absolute atomic E-state index is 13.1. The number of nitrogens with zero attached hydrogens (tertiary/aromatic N) is 5. The van der Waals surface area contributed by atoms with Crippen LogP contribution >= 0.6 is 11.6 Å². The first kappa shape index (κ1) is 42.0. The maximum Gasteiger partial charge on any atom is 0.317 e. The highest BCUT2D eigenvalue weighted by molar-refractivity contribution is 6.33. The SMILES string of the molecule is CNC(=O)c1ccccc1Nc1nc(Nc2ccc(N3CCN(C(=O)N[C@H]4C[C@@H](NCCCC#Cc5ccc6c(c5)CN(C5CCC(=O)NC5=O)C6=O)C4)CC3)cc2)ncc1Cl. The van der Waals surface area contributed by atoms with E-state index in [1.807, 2.05) is 47.4 Å². The van der Waals surface area contributed by atoms with Crippen LogP contribution in [0, 0.1) is 11.8 Å². The van der Waals surface area contributed by atoms with Crippen molar-refractivity contribution in [2.75, 3.05) is 55.3 Å². The lowest BCUT2D eigenvalue weighted by Crippen LogP contribution is -2.58. The van der Waals surface area contributed by atoms with E-state index in [0.29, 0.717) is 65.7 Å². The van der Waals surface area contributed by atoms with E-state index in [0.717, 1.165) is 67.8 Å². The molecule has 1 unspecified atom stereocenters. The number of carbonyl (C=O) groups is 5. The molecule has 3 fully saturated rings. The average Bonchev–Trinajstić information content (AvgIpc) is 3.59. The predicted octanol–water partition coefficient (Wildman–Crippen LogP) is 4.52. The quantitative estimate of drug-likeness (QED) is 0.0667. The second-order valence-electron chi connectivity index (χ2n) is 15.7. The van der Waals surface area contributed by atoms with Crippen LogP contribution in [0.1, 0.15) is 70.4 Å². The summed E-state index contributed by atoms with van der Waals surface area (Å²) in [6.45, 7) is 3.87. The first-order chi connectivity index (χ1) is 30.1. The predicted molar refractivity (Wildman–Crippen MR) is 236 cm³/mol. The molecule has 4 heterocycles. The molecule has 1 aromatic heterocycles. The fourth-order valence-electron chi connectivity index (χ4n) is 8.09. The van der Waals surface area contributed by atoms with Crippen molar-refractivity contribution in [3.8, 4) is 11.8 Å². The topological polar surface area (TPSA) is 193 Å². The van der Waals surface area contributed by atoms with E-state index < -0.39 is 11.9 Å². The van der Waals surface area contributed by atoms with Gasteiger partial charge >= 0.3 is 6.03 Å². The molecule has 17 heteroatoms. The molecular formula is C45H48ClN11O5. The van der Waals surface area contributed by atoms with Gasteiger partial charge in [0.15, 0.2) is 5.82 Å². The smallest absolute Gasteiger partial charge is 0.317 e. The normalized spacial score (nSPS) is 19.4. The number of aromatic nitrogens is 2. The molecule has 4 aliphatic rings. The molecule has 320 valence electrons. The zero-order chi connectivity index (χ0) is 43.2. The number of imide groups is 1. The summed E-state index contributed by atoms with van der Waals surface area (Å²) < 4.78 is 0. The average molecular weight is 858 g/mol. The summed E-state index contributed by atoms with van der Waals surface area (Å²) in [5.41, 5.74) is 5.14. The fourth-order valence-corrected chi connectivity index (χ4v) is 8.23. The molecule has 62 heavy (non-hydrogen) atoms. The number of anilines is 5. The zero-order valence-corrected chi connectivity index (χ0v) is 35.1.